The molecule has 0 bridgehead atoms. The maximum Gasteiger partial charge on any atom is 0.472 e. The number of unbranched alkanes of at least 4 members (excludes halogenated alkanes) is 25. The number of phosphoric acid groups is 1. The summed E-state index contributed by atoms with van der Waals surface area (Å²) in [5.41, 5.74) is 0. The fraction of sp³-hybridized carbons (Fsp3) is 0.864. The van der Waals surface area contributed by atoms with E-state index in [2.05, 4.69) is 32.1 Å². The zero-order valence-corrected chi connectivity index (χ0v) is 35.9. The van der Waals surface area contributed by atoms with E-state index in [4.69, 9.17) is 18.5 Å². The first kappa shape index (κ1) is 50.9. The van der Waals surface area contributed by atoms with Crippen molar-refractivity contribution in [3.05, 3.63) is 36.8 Å². The third-order valence-corrected chi connectivity index (χ3v) is 10.4. The molecule has 8 heteroatoms. The third kappa shape index (κ3) is 41.6. The maximum atomic E-state index is 12.5. The Labute approximate surface area is 323 Å². The second-order valence-corrected chi connectivity index (χ2v) is 17.3. The molecule has 0 saturated heterocycles. The smallest absolute Gasteiger partial charge is 0.472 e. The van der Waals surface area contributed by atoms with Gasteiger partial charge in [0.2, 0.25) is 0 Å². The molecule has 0 heterocycles. The maximum absolute atomic E-state index is 12.5. The number of hydrogen-bond donors (Lipinski definition) is 1. The minimum Gasteiger partial charge on any atom is -0.498 e. The van der Waals surface area contributed by atoms with Crippen LogP contribution >= 0.6 is 7.82 Å². The molecule has 0 aromatic heterocycles. The van der Waals surface area contributed by atoms with Gasteiger partial charge in [0.05, 0.1) is 40.3 Å². The highest BCUT2D eigenvalue weighted by Crippen LogP contribution is 2.43. The van der Waals surface area contributed by atoms with Crippen LogP contribution in [0.1, 0.15) is 194 Å². The summed E-state index contributed by atoms with van der Waals surface area (Å²) in [6.07, 6.45) is 48.0. The molecule has 0 radical (unpaired) electrons. The van der Waals surface area contributed by atoms with Gasteiger partial charge in [-0.05, 0) is 63.5 Å². The number of rotatable bonds is 41. The molecule has 0 aromatic rings. The molecule has 0 saturated carbocycles. The largest absolute Gasteiger partial charge is 0.498 e. The number of allylic oxidation sites excluding steroid dienone is 4. The first-order chi connectivity index (χ1) is 25.2. The lowest BCUT2D eigenvalue weighted by molar-refractivity contribution is -0.870. The Bertz CT molecular complexity index is 871. The van der Waals surface area contributed by atoms with E-state index >= 15 is 0 Å². The van der Waals surface area contributed by atoms with Crippen LogP contribution in [0.4, 0.5) is 0 Å². The second-order valence-electron chi connectivity index (χ2n) is 15.9. The molecule has 0 aliphatic rings. The summed E-state index contributed by atoms with van der Waals surface area (Å²) < 4.78 is 35.2. The number of quaternary nitrogens is 1. The minimum absolute atomic E-state index is 0.0956. The molecule has 0 aliphatic carbocycles. The Morgan fingerprint density at radius 1 is 0.519 bits per heavy atom. The van der Waals surface area contributed by atoms with Crippen LogP contribution in [0.2, 0.25) is 0 Å². The van der Waals surface area contributed by atoms with Crippen LogP contribution in [-0.2, 0) is 23.1 Å². The SMILES string of the molecule is CCCCCCCC/C=C\CCCCCC/C=C\O[C@H](CO/C=C\CCCCCCCCCCCCCCCC)COP(=O)(O)OCC[N+](C)(C)C. The monoisotopic (exact) mass is 757 g/mol. The summed E-state index contributed by atoms with van der Waals surface area (Å²) in [4.78, 5) is 10.2. The van der Waals surface area contributed by atoms with Gasteiger partial charge in [0.25, 0.3) is 0 Å². The number of phosphoric ester groups is 1. The topological polar surface area (TPSA) is 74.2 Å². The molecule has 308 valence electrons. The summed E-state index contributed by atoms with van der Waals surface area (Å²) in [7, 11) is 1.83. The lowest BCUT2D eigenvalue weighted by Crippen LogP contribution is -2.37. The van der Waals surface area contributed by atoms with Crippen LogP contribution in [0.3, 0.4) is 0 Å². The van der Waals surface area contributed by atoms with Gasteiger partial charge in [-0.3, -0.25) is 9.05 Å². The quantitative estimate of drug-likeness (QED) is 0.0220. The highest BCUT2D eigenvalue weighted by atomic mass is 31.2. The van der Waals surface area contributed by atoms with Gasteiger partial charge < -0.3 is 18.9 Å². The van der Waals surface area contributed by atoms with Crippen molar-refractivity contribution in [2.45, 2.75) is 200 Å². The molecule has 0 fully saturated rings. The number of nitrogens with zero attached hydrogens (tertiary/aromatic N) is 1. The van der Waals surface area contributed by atoms with Gasteiger partial charge in [0, 0.05) is 0 Å². The molecule has 0 spiro atoms. The number of ether oxygens (including phenoxy) is 2. The van der Waals surface area contributed by atoms with E-state index < -0.39 is 13.9 Å². The lowest BCUT2D eigenvalue weighted by Gasteiger charge is -2.24. The van der Waals surface area contributed by atoms with Gasteiger partial charge >= 0.3 is 7.82 Å². The molecule has 1 unspecified atom stereocenters. The van der Waals surface area contributed by atoms with Crippen molar-refractivity contribution in [1.82, 2.24) is 0 Å². The van der Waals surface area contributed by atoms with Crippen molar-refractivity contribution >= 4 is 7.82 Å². The van der Waals surface area contributed by atoms with E-state index in [1.54, 1.807) is 12.5 Å². The average Bonchev–Trinajstić information content (AvgIpc) is 3.10. The molecule has 0 amide bonds. The summed E-state index contributed by atoms with van der Waals surface area (Å²) in [5, 5.41) is 0. The molecular weight excluding hydrogens is 669 g/mol. The standard InChI is InChI=1S/C44H86NO6P/c1-6-8-10-12-14-16-18-20-22-24-26-28-30-32-34-36-39-48-42-44(43-51-52(46,47)50-41-38-45(3,4)5)49-40-37-35-33-31-29-27-25-23-21-19-17-15-13-11-9-7-2/h21,23,36-37,39-40,44H,6-20,22,24-35,38,41-43H2,1-5H3/p+1/b23-21-,39-36-,40-37-/t44-/m1/s1. The van der Waals surface area contributed by atoms with Gasteiger partial charge in [-0.1, -0.05) is 154 Å². The first-order valence-corrected chi connectivity index (χ1v) is 23.3. The van der Waals surface area contributed by atoms with E-state index in [1.165, 1.54) is 154 Å². The first-order valence-electron chi connectivity index (χ1n) is 21.8. The normalized spacial score (nSPS) is 14.2. The Morgan fingerprint density at radius 3 is 1.33 bits per heavy atom. The molecule has 0 aromatic carbocycles. The van der Waals surface area contributed by atoms with E-state index in [9.17, 15) is 9.46 Å². The molecule has 7 nitrogen and oxygen atoms in total. The van der Waals surface area contributed by atoms with Crippen molar-refractivity contribution < 1.29 is 32.5 Å². The molecular formula is C44H87NO6P+. The molecule has 52 heavy (non-hydrogen) atoms. The zero-order valence-electron chi connectivity index (χ0n) is 35.1. The summed E-state index contributed by atoms with van der Waals surface area (Å²) in [5.74, 6) is 0. The molecule has 0 aliphatic heterocycles. The number of hydrogen-bond acceptors (Lipinski definition) is 5. The lowest BCUT2D eigenvalue weighted by atomic mass is 10.0. The van der Waals surface area contributed by atoms with Gasteiger partial charge in [-0.15, -0.1) is 0 Å². The fourth-order valence-corrected chi connectivity index (χ4v) is 6.66. The minimum atomic E-state index is -4.18. The Hall–Kier alpha value is -1.11. The van der Waals surface area contributed by atoms with Crippen molar-refractivity contribution in [3.63, 3.8) is 0 Å². The van der Waals surface area contributed by atoms with Gasteiger partial charge in [-0.2, -0.15) is 0 Å². The molecule has 0 rings (SSSR count). The Balaban J connectivity index is 4.22. The average molecular weight is 757 g/mol. The predicted octanol–water partition coefficient (Wildman–Crippen LogP) is 13.8. The van der Waals surface area contributed by atoms with Crippen LogP contribution in [0.15, 0.2) is 36.8 Å². The Kier molecular flexibility index (Phi) is 37.4. The van der Waals surface area contributed by atoms with E-state index in [0.717, 1.165) is 25.7 Å². The van der Waals surface area contributed by atoms with Crippen LogP contribution < -0.4 is 0 Å². The second kappa shape index (κ2) is 38.2. The van der Waals surface area contributed by atoms with Crippen LogP contribution in [0.25, 0.3) is 0 Å². The summed E-state index contributed by atoms with van der Waals surface area (Å²) >= 11 is 0. The van der Waals surface area contributed by atoms with Crippen molar-refractivity contribution in [1.29, 1.82) is 0 Å². The van der Waals surface area contributed by atoms with Gasteiger partial charge in [0.15, 0.2) is 6.10 Å². The van der Waals surface area contributed by atoms with Gasteiger partial charge in [-0.25, -0.2) is 4.57 Å². The molecule has 2 atom stereocenters. The van der Waals surface area contributed by atoms with Gasteiger partial charge in [0.1, 0.15) is 19.8 Å². The van der Waals surface area contributed by atoms with Crippen LogP contribution in [-0.4, -0.2) is 63.0 Å². The summed E-state index contributed by atoms with van der Waals surface area (Å²) in [6.45, 7) is 5.41. The predicted molar refractivity (Wildman–Crippen MR) is 223 cm³/mol. The van der Waals surface area contributed by atoms with Crippen LogP contribution in [0, 0.1) is 0 Å². The summed E-state index contributed by atoms with van der Waals surface area (Å²) in [6, 6.07) is 0. The highest BCUT2D eigenvalue weighted by molar-refractivity contribution is 7.47. The number of likely N-dealkylation sites (N-methyl/N-ethyl adjacent to an activating group) is 1. The van der Waals surface area contributed by atoms with Crippen molar-refractivity contribution in [2.75, 3.05) is 47.5 Å². The van der Waals surface area contributed by atoms with E-state index in [-0.39, 0.29) is 19.8 Å². The van der Waals surface area contributed by atoms with E-state index in [1.807, 2.05) is 27.2 Å². The fourth-order valence-electron chi connectivity index (χ4n) is 5.92. The van der Waals surface area contributed by atoms with Crippen LogP contribution in [0.5, 0.6) is 0 Å². The Morgan fingerprint density at radius 2 is 0.904 bits per heavy atom. The van der Waals surface area contributed by atoms with Crippen molar-refractivity contribution in [2.24, 2.45) is 0 Å². The van der Waals surface area contributed by atoms with Crippen molar-refractivity contribution in [3.8, 4) is 0 Å². The highest BCUT2D eigenvalue weighted by Gasteiger charge is 2.25. The third-order valence-electron chi connectivity index (χ3n) is 9.39. The zero-order chi connectivity index (χ0) is 38.3. The molecule has 1 N–H and O–H groups in total. The van der Waals surface area contributed by atoms with E-state index in [0.29, 0.717) is 11.0 Å².